The van der Waals surface area contributed by atoms with E-state index in [1.54, 1.807) is 6.07 Å². The molecule has 1 atom stereocenters. The Balaban J connectivity index is 1.93. The van der Waals surface area contributed by atoms with Crippen LogP contribution in [0.2, 0.25) is 0 Å². The lowest BCUT2D eigenvalue weighted by Crippen LogP contribution is -2.21. The fraction of sp³-hybridized carbons (Fsp3) is 0.263. The van der Waals surface area contributed by atoms with E-state index in [2.05, 4.69) is 25.5 Å². The third-order valence-corrected chi connectivity index (χ3v) is 4.42. The molecule has 0 saturated carbocycles. The van der Waals surface area contributed by atoms with Gasteiger partial charge in [0.25, 0.3) is 6.43 Å². The minimum atomic E-state index is -4.87. The Morgan fingerprint density at radius 3 is 2.44 bits per heavy atom. The third kappa shape index (κ3) is 5.07. The summed E-state index contributed by atoms with van der Waals surface area (Å²) >= 11 is 0. The van der Waals surface area contributed by atoms with Crippen LogP contribution in [0.25, 0.3) is 5.82 Å². The predicted octanol–water partition coefficient (Wildman–Crippen LogP) is 4.20. The molecule has 3 rings (SSSR count). The van der Waals surface area contributed by atoms with E-state index in [-0.39, 0.29) is 5.56 Å². The normalized spacial score (nSPS) is 12.3. The van der Waals surface area contributed by atoms with Gasteiger partial charge in [-0.05, 0) is 13.0 Å². The Kier molecular flexibility index (Phi) is 7.01. The number of methoxy groups -OCH3 is 1. The van der Waals surface area contributed by atoms with Crippen LogP contribution in [0.3, 0.4) is 0 Å². The molecule has 178 valence electrons. The molecule has 0 radical (unpaired) electrons. The largest absolute Gasteiger partial charge is 0.420 e. The molecule has 0 aromatic carbocycles. The van der Waals surface area contributed by atoms with Crippen LogP contribution < -0.4 is 10.1 Å². The highest BCUT2D eigenvalue weighted by Gasteiger charge is 2.36. The first-order valence-electron chi connectivity index (χ1n) is 9.23. The molecule has 3 aromatic rings. The number of halogens is 5. The average molecular weight is 483 g/mol. The molecule has 0 aliphatic heterocycles. The topological polar surface area (TPSA) is 128 Å². The van der Waals surface area contributed by atoms with E-state index < -0.39 is 58.9 Å². The minimum Gasteiger partial charge on any atom is -0.408 e. The molecule has 15 heteroatoms. The Morgan fingerprint density at radius 2 is 1.88 bits per heavy atom. The highest BCUT2D eigenvalue weighted by Crippen LogP contribution is 2.36. The smallest absolute Gasteiger partial charge is 0.408 e. The van der Waals surface area contributed by atoms with Crippen LogP contribution >= 0.6 is 0 Å². The van der Waals surface area contributed by atoms with Gasteiger partial charge in [0, 0.05) is 12.7 Å². The molecule has 10 nitrogen and oxygen atoms in total. The summed E-state index contributed by atoms with van der Waals surface area (Å²) in [6.07, 6.45) is -6.19. The second-order valence-corrected chi connectivity index (χ2v) is 6.51. The van der Waals surface area contributed by atoms with Crippen molar-refractivity contribution in [3.05, 3.63) is 53.2 Å². The molecule has 0 fully saturated rings. The third-order valence-electron chi connectivity index (χ3n) is 4.42. The molecule has 34 heavy (non-hydrogen) atoms. The summed E-state index contributed by atoms with van der Waals surface area (Å²) in [5.74, 6) is -1.02. The summed E-state index contributed by atoms with van der Waals surface area (Å²) < 4.78 is 77.1. The summed E-state index contributed by atoms with van der Waals surface area (Å²) in [6.45, 7) is 1.41. The number of nitrogens with zero attached hydrogens (tertiary/aromatic N) is 6. The first kappa shape index (κ1) is 24.5. The van der Waals surface area contributed by atoms with Gasteiger partial charge in [0.1, 0.15) is 17.3 Å². The number of amides is 1. The maximum Gasteiger partial charge on any atom is 0.420 e. The van der Waals surface area contributed by atoms with Gasteiger partial charge in [-0.25, -0.2) is 23.5 Å². The number of ether oxygens (including phenoxy) is 2. The van der Waals surface area contributed by atoms with Crippen molar-refractivity contribution in [2.75, 3.05) is 12.4 Å². The van der Waals surface area contributed by atoms with Crippen molar-refractivity contribution in [3.63, 3.8) is 0 Å². The number of hydrogen-bond donors (Lipinski definition) is 1. The van der Waals surface area contributed by atoms with Crippen molar-refractivity contribution >= 4 is 11.8 Å². The van der Waals surface area contributed by atoms with E-state index in [0.717, 1.165) is 24.8 Å². The number of anilines is 1. The summed E-state index contributed by atoms with van der Waals surface area (Å²) in [5.41, 5.74) is -3.21. The molecule has 0 aliphatic rings. The number of alkyl halides is 5. The minimum absolute atomic E-state index is 0.181. The first-order valence-corrected chi connectivity index (χ1v) is 9.23. The monoisotopic (exact) mass is 483 g/mol. The fourth-order valence-electron chi connectivity index (χ4n) is 2.87. The number of aromatic nitrogens is 5. The van der Waals surface area contributed by atoms with Crippen LogP contribution in [0.15, 0.2) is 30.9 Å². The second-order valence-electron chi connectivity index (χ2n) is 6.51. The molecule has 1 N–H and O–H groups in total. The van der Waals surface area contributed by atoms with Crippen LogP contribution in [0.5, 0.6) is 5.75 Å². The summed E-state index contributed by atoms with van der Waals surface area (Å²) in [5, 5.41) is 18.6. The summed E-state index contributed by atoms with van der Waals surface area (Å²) in [7, 11) is 1.23. The molecule has 0 bridgehead atoms. The van der Waals surface area contributed by atoms with Crippen molar-refractivity contribution in [1.82, 2.24) is 25.0 Å². The van der Waals surface area contributed by atoms with Crippen LogP contribution in [0, 0.1) is 11.3 Å². The van der Waals surface area contributed by atoms with Gasteiger partial charge in [0.15, 0.2) is 11.6 Å². The SMILES string of the molecule is CO[C@@H](C)c1c(OC(=O)Nc2cnc(-n3nccn3)c(C(F)(F)F)c2)cnc(C(F)F)c1C#N. The van der Waals surface area contributed by atoms with Crippen molar-refractivity contribution in [2.24, 2.45) is 0 Å². The maximum absolute atomic E-state index is 13.5. The van der Waals surface area contributed by atoms with Crippen LogP contribution in [0.4, 0.5) is 32.4 Å². The van der Waals surface area contributed by atoms with E-state index in [1.807, 2.05) is 0 Å². The average Bonchev–Trinajstić information content (AvgIpc) is 3.32. The van der Waals surface area contributed by atoms with Crippen LogP contribution in [-0.2, 0) is 10.9 Å². The van der Waals surface area contributed by atoms with Gasteiger partial charge in [-0.2, -0.15) is 28.6 Å². The quantitative estimate of drug-likeness (QED) is 0.517. The number of nitriles is 1. The molecular formula is C19H14F5N7O3. The number of carbonyl (C=O) groups is 1. The number of rotatable bonds is 6. The van der Waals surface area contributed by atoms with E-state index >= 15 is 0 Å². The highest BCUT2D eigenvalue weighted by atomic mass is 19.4. The lowest BCUT2D eigenvalue weighted by Gasteiger charge is -2.18. The molecule has 0 saturated heterocycles. The van der Waals surface area contributed by atoms with Gasteiger partial charge in [0.05, 0.1) is 42.1 Å². The first-order chi connectivity index (χ1) is 16.1. The second kappa shape index (κ2) is 9.75. The lowest BCUT2D eigenvalue weighted by atomic mass is 10.0. The number of nitrogens with one attached hydrogen (secondary N) is 1. The van der Waals surface area contributed by atoms with Crippen molar-refractivity contribution in [2.45, 2.75) is 25.6 Å². The molecule has 3 heterocycles. The van der Waals surface area contributed by atoms with Crippen LogP contribution in [0.1, 0.15) is 41.8 Å². The fourth-order valence-corrected chi connectivity index (χ4v) is 2.87. The lowest BCUT2D eigenvalue weighted by molar-refractivity contribution is -0.137. The van der Waals surface area contributed by atoms with Gasteiger partial charge in [-0.15, -0.1) is 4.80 Å². The van der Waals surface area contributed by atoms with Gasteiger partial charge in [0.2, 0.25) is 0 Å². The van der Waals surface area contributed by atoms with Gasteiger partial charge in [-0.3, -0.25) is 5.32 Å². The molecule has 0 unspecified atom stereocenters. The summed E-state index contributed by atoms with van der Waals surface area (Å²) in [4.78, 5) is 20.1. The van der Waals surface area contributed by atoms with Crippen molar-refractivity contribution in [1.29, 1.82) is 5.26 Å². The predicted molar refractivity (Wildman–Crippen MR) is 103 cm³/mol. The van der Waals surface area contributed by atoms with E-state index in [4.69, 9.17) is 9.47 Å². The molecule has 1 amide bonds. The summed E-state index contributed by atoms with van der Waals surface area (Å²) in [6, 6.07) is 2.17. The Bertz CT molecular complexity index is 1230. The Morgan fingerprint density at radius 1 is 1.21 bits per heavy atom. The maximum atomic E-state index is 13.5. The molecular weight excluding hydrogens is 469 g/mol. The van der Waals surface area contributed by atoms with E-state index in [0.29, 0.717) is 10.9 Å². The van der Waals surface area contributed by atoms with Crippen molar-refractivity contribution < 1.29 is 36.2 Å². The zero-order valence-corrected chi connectivity index (χ0v) is 17.3. The van der Waals surface area contributed by atoms with E-state index in [9.17, 15) is 32.0 Å². The van der Waals surface area contributed by atoms with E-state index in [1.165, 1.54) is 14.0 Å². The zero-order chi connectivity index (χ0) is 25.0. The Labute approximate surface area is 187 Å². The number of carbonyl (C=O) groups excluding carboxylic acids is 1. The van der Waals surface area contributed by atoms with Crippen LogP contribution in [-0.4, -0.2) is 38.2 Å². The molecule has 0 aliphatic carbocycles. The standard InChI is InChI=1S/C19H14F5N7O3/c1-9(33-2)14-11(6-25)15(16(20)21)26-8-13(14)34-18(32)30-10-5-12(19(22,23)24)17(27-7-10)31-28-3-4-29-31/h3-5,7-9,16H,1-2H3,(H,30,32)/t9-/m0/s1. The van der Waals surface area contributed by atoms with Gasteiger partial charge < -0.3 is 9.47 Å². The highest BCUT2D eigenvalue weighted by molar-refractivity contribution is 5.86. The number of pyridine rings is 2. The molecule has 0 spiro atoms. The zero-order valence-electron chi connectivity index (χ0n) is 17.3. The molecule has 3 aromatic heterocycles. The van der Waals surface area contributed by atoms with Gasteiger partial charge >= 0.3 is 12.3 Å². The van der Waals surface area contributed by atoms with Gasteiger partial charge in [-0.1, -0.05) is 0 Å². The Hall–Kier alpha value is -4.19. The van der Waals surface area contributed by atoms with Crippen molar-refractivity contribution in [3.8, 4) is 17.6 Å². The number of hydrogen-bond acceptors (Lipinski definition) is 8.